The fourth-order valence-corrected chi connectivity index (χ4v) is 2.81. The minimum Gasteiger partial charge on any atom is -0.444 e. The van der Waals surface area contributed by atoms with Crippen LogP contribution in [0.25, 0.3) is 0 Å². The fourth-order valence-electron chi connectivity index (χ4n) is 2.81. The van der Waals surface area contributed by atoms with Crippen LogP contribution < -0.4 is 5.69 Å². The maximum atomic E-state index is 12.2. The molecule has 1 amide bonds. The number of carbonyl (C=O) groups excluding carboxylic acids is 1. The first kappa shape index (κ1) is 16.6. The molecule has 22 heavy (non-hydrogen) atoms. The van der Waals surface area contributed by atoms with Gasteiger partial charge >= 0.3 is 11.8 Å². The summed E-state index contributed by atoms with van der Waals surface area (Å²) in [6, 6.07) is 0. The van der Waals surface area contributed by atoms with Crippen molar-refractivity contribution in [3.8, 4) is 0 Å². The van der Waals surface area contributed by atoms with Crippen molar-refractivity contribution in [2.24, 2.45) is 5.92 Å². The van der Waals surface area contributed by atoms with Gasteiger partial charge < -0.3 is 9.64 Å². The molecule has 1 fully saturated rings. The monoisotopic (exact) mass is 310 g/mol. The number of nitrogens with one attached hydrogen (secondary N) is 1. The minimum atomic E-state index is -0.477. The van der Waals surface area contributed by atoms with E-state index in [1.165, 1.54) is 0 Å². The lowest BCUT2D eigenvalue weighted by atomic mass is 9.94. The van der Waals surface area contributed by atoms with Crippen molar-refractivity contribution in [1.82, 2.24) is 19.7 Å². The molecule has 0 bridgehead atoms. The lowest BCUT2D eigenvalue weighted by Gasteiger charge is -2.34. The van der Waals surface area contributed by atoms with Crippen LogP contribution in [0.5, 0.6) is 0 Å². The van der Waals surface area contributed by atoms with Crippen LogP contribution in [0.15, 0.2) is 4.79 Å². The molecule has 1 saturated heterocycles. The van der Waals surface area contributed by atoms with E-state index in [2.05, 4.69) is 10.2 Å². The molecule has 1 aromatic rings. The molecule has 2 heterocycles. The first-order chi connectivity index (χ1) is 10.3. The van der Waals surface area contributed by atoms with E-state index >= 15 is 0 Å². The molecule has 1 unspecified atom stereocenters. The van der Waals surface area contributed by atoms with Crippen LogP contribution in [0.1, 0.15) is 46.4 Å². The Bertz CT molecular complexity index is 570. The van der Waals surface area contributed by atoms with E-state index in [0.717, 1.165) is 25.2 Å². The molecule has 0 aliphatic carbocycles. The van der Waals surface area contributed by atoms with E-state index < -0.39 is 5.60 Å². The molecule has 7 nitrogen and oxygen atoms in total. The highest BCUT2D eigenvalue weighted by Crippen LogP contribution is 2.21. The molecular weight excluding hydrogens is 284 g/mol. The van der Waals surface area contributed by atoms with Crippen LogP contribution in [-0.4, -0.2) is 44.4 Å². The largest absolute Gasteiger partial charge is 0.444 e. The number of likely N-dealkylation sites (tertiary alicyclic amines) is 1. The van der Waals surface area contributed by atoms with Crippen molar-refractivity contribution in [2.75, 3.05) is 13.1 Å². The number of amides is 1. The highest BCUT2D eigenvalue weighted by Gasteiger charge is 2.28. The summed E-state index contributed by atoms with van der Waals surface area (Å²) in [5, 5.41) is 6.60. The third-order valence-electron chi connectivity index (χ3n) is 3.80. The van der Waals surface area contributed by atoms with Crippen LogP contribution in [0.4, 0.5) is 4.79 Å². The predicted octanol–water partition coefficient (Wildman–Crippen LogP) is 1.78. The van der Waals surface area contributed by atoms with Gasteiger partial charge in [-0.3, -0.25) is 4.57 Å². The molecule has 2 rings (SSSR count). The normalized spacial score (nSPS) is 19.3. The van der Waals surface area contributed by atoms with Crippen molar-refractivity contribution in [3.63, 3.8) is 0 Å². The minimum absolute atomic E-state index is 0.169. The zero-order valence-corrected chi connectivity index (χ0v) is 13.9. The second-order valence-electron chi connectivity index (χ2n) is 6.83. The summed E-state index contributed by atoms with van der Waals surface area (Å²) in [7, 11) is 0. The van der Waals surface area contributed by atoms with E-state index in [4.69, 9.17) is 4.74 Å². The van der Waals surface area contributed by atoms with Crippen LogP contribution in [0.2, 0.25) is 0 Å². The molecule has 0 saturated carbocycles. The molecular formula is C15H26N4O3. The summed E-state index contributed by atoms with van der Waals surface area (Å²) in [6.45, 7) is 9.52. The lowest BCUT2D eigenvalue weighted by molar-refractivity contribution is 0.0164. The number of hydrogen-bond acceptors (Lipinski definition) is 4. The quantitative estimate of drug-likeness (QED) is 0.923. The van der Waals surface area contributed by atoms with E-state index in [1.807, 2.05) is 27.7 Å². The van der Waals surface area contributed by atoms with Crippen molar-refractivity contribution in [2.45, 2.75) is 59.1 Å². The Morgan fingerprint density at radius 3 is 2.82 bits per heavy atom. The summed E-state index contributed by atoms with van der Waals surface area (Å²) >= 11 is 0. The lowest BCUT2D eigenvalue weighted by Crippen LogP contribution is -2.43. The van der Waals surface area contributed by atoms with Gasteiger partial charge in [-0.1, -0.05) is 0 Å². The van der Waals surface area contributed by atoms with Gasteiger partial charge in [0, 0.05) is 26.1 Å². The van der Waals surface area contributed by atoms with Gasteiger partial charge in [0.2, 0.25) is 0 Å². The van der Waals surface area contributed by atoms with Gasteiger partial charge in [-0.05, 0) is 46.5 Å². The van der Waals surface area contributed by atoms with E-state index in [-0.39, 0.29) is 11.8 Å². The molecule has 1 N–H and O–H groups in total. The smallest absolute Gasteiger partial charge is 0.410 e. The van der Waals surface area contributed by atoms with Crippen LogP contribution in [0.3, 0.4) is 0 Å². The molecule has 0 spiro atoms. The first-order valence-corrected chi connectivity index (χ1v) is 7.92. The van der Waals surface area contributed by atoms with Gasteiger partial charge in [0.1, 0.15) is 11.4 Å². The molecule has 1 aliphatic rings. The van der Waals surface area contributed by atoms with Gasteiger partial charge in [-0.25, -0.2) is 14.7 Å². The fraction of sp³-hybridized carbons (Fsp3) is 0.800. The molecule has 7 heteroatoms. The standard InChI is InChI=1S/C15H26N4O3/c1-5-19-12(16-17-13(19)20)9-11-7-6-8-18(10-11)14(21)22-15(2,3)4/h11H,5-10H2,1-4H3,(H,17,20). The highest BCUT2D eigenvalue weighted by molar-refractivity contribution is 5.68. The number of rotatable bonds is 3. The summed E-state index contributed by atoms with van der Waals surface area (Å²) in [5.41, 5.74) is -0.646. The second-order valence-corrected chi connectivity index (χ2v) is 6.83. The third-order valence-corrected chi connectivity index (χ3v) is 3.80. The molecule has 1 aromatic heterocycles. The zero-order chi connectivity index (χ0) is 16.3. The van der Waals surface area contributed by atoms with Crippen molar-refractivity contribution in [1.29, 1.82) is 0 Å². The Morgan fingerprint density at radius 1 is 1.45 bits per heavy atom. The Balaban J connectivity index is 1.98. The third kappa shape index (κ3) is 4.11. The maximum absolute atomic E-state index is 12.2. The number of aromatic nitrogens is 3. The Hall–Kier alpha value is -1.79. The highest BCUT2D eigenvalue weighted by atomic mass is 16.6. The zero-order valence-electron chi connectivity index (χ0n) is 13.9. The number of aromatic amines is 1. The average molecular weight is 310 g/mol. The Kier molecular flexibility index (Phi) is 4.93. The van der Waals surface area contributed by atoms with Gasteiger partial charge in [0.05, 0.1) is 0 Å². The molecule has 0 aromatic carbocycles. The van der Waals surface area contributed by atoms with E-state index in [9.17, 15) is 9.59 Å². The Labute approximate surface area is 130 Å². The Morgan fingerprint density at radius 2 is 2.18 bits per heavy atom. The summed E-state index contributed by atoms with van der Waals surface area (Å²) in [6.07, 6.45) is 2.42. The number of H-pyrrole nitrogens is 1. The second kappa shape index (κ2) is 6.54. The maximum Gasteiger partial charge on any atom is 0.410 e. The van der Waals surface area contributed by atoms with E-state index in [1.54, 1.807) is 9.47 Å². The topological polar surface area (TPSA) is 80.2 Å². The molecule has 1 atom stereocenters. The van der Waals surface area contributed by atoms with Crippen molar-refractivity contribution in [3.05, 3.63) is 16.3 Å². The number of ether oxygens (including phenoxy) is 1. The number of nitrogens with zero attached hydrogens (tertiary/aromatic N) is 3. The molecule has 1 aliphatic heterocycles. The first-order valence-electron chi connectivity index (χ1n) is 7.92. The number of piperidine rings is 1. The van der Waals surface area contributed by atoms with Crippen LogP contribution in [0, 0.1) is 5.92 Å². The number of carbonyl (C=O) groups is 1. The van der Waals surface area contributed by atoms with Gasteiger partial charge in [-0.2, -0.15) is 5.10 Å². The summed E-state index contributed by atoms with van der Waals surface area (Å²) in [4.78, 5) is 25.5. The van der Waals surface area contributed by atoms with Gasteiger partial charge in [-0.15, -0.1) is 0 Å². The van der Waals surface area contributed by atoms with Crippen molar-refractivity contribution < 1.29 is 9.53 Å². The summed E-state index contributed by atoms with van der Waals surface area (Å²) < 4.78 is 7.08. The SMILES string of the molecule is CCn1c(CC2CCCN(C(=O)OC(C)(C)C)C2)n[nH]c1=O. The van der Waals surface area contributed by atoms with Gasteiger partial charge in [0.15, 0.2) is 0 Å². The van der Waals surface area contributed by atoms with E-state index in [0.29, 0.717) is 25.4 Å². The van der Waals surface area contributed by atoms with Crippen molar-refractivity contribution >= 4 is 6.09 Å². The predicted molar refractivity (Wildman–Crippen MR) is 82.8 cm³/mol. The van der Waals surface area contributed by atoms with Crippen LogP contribution in [-0.2, 0) is 17.7 Å². The molecule has 0 radical (unpaired) electrons. The average Bonchev–Trinajstić information content (AvgIpc) is 2.77. The van der Waals surface area contributed by atoms with Crippen LogP contribution >= 0.6 is 0 Å². The summed E-state index contributed by atoms with van der Waals surface area (Å²) in [5.74, 6) is 1.07. The molecule has 124 valence electrons. The van der Waals surface area contributed by atoms with Gasteiger partial charge in [0.25, 0.3) is 0 Å². The number of hydrogen-bond donors (Lipinski definition) is 1.